The minimum atomic E-state index is -0.801. The Morgan fingerprint density at radius 2 is 2.18 bits per heavy atom. The molecule has 8 heteroatoms. The molecule has 0 bridgehead atoms. The lowest BCUT2D eigenvalue weighted by Crippen LogP contribution is -2.26. The Hall–Kier alpha value is -3.02. The smallest absolute Gasteiger partial charge is 0.258 e. The monoisotopic (exact) mass is 462 g/mol. The SMILES string of the molecule is CC(C)Oc1ccc(-c2nc(-c3cccc4c3C3CC3C4NCCS(C)=O)no2)cc1C#N. The number of fused-ring (bicyclic) bond motifs is 3. The zero-order valence-corrected chi connectivity index (χ0v) is 19.7. The molecule has 0 amide bonds. The fourth-order valence-electron chi connectivity index (χ4n) is 4.79. The molecule has 0 spiro atoms. The van der Waals surface area contributed by atoms with Crippen LogP contribution in [0, 0.1) is 17.2 Å². The van der Waals surface area contributed by atoms with Crippen molar-refractivity contribution in [3.63, 3.8) is 0 Å². The van der Waals surface area contributed by atoms with Crippen LogP contribution in [0.1, 0.15) is 48.9 Å². The predicted molar refractivity (Wildman–Crippen MR) is 126 cm³/mol. The summed E-state index contributed by atoms with van der Waals surface area (Å²) in [6.45, 7) is 4.59. The molecule has 1 N–H and O–H groups in total. The van der Waals surface area contributed by atoms with Gasteiger partial charge in [0.25, 0.3) is 5.89 Å². The third-order valence-electron chi connectivity index (χ3n) is 6.24. The summed E-state index contributed by atoms with van der Waals surface area (Å²) in [6.07, 6.45) is 2.86. The van der Waals surface area contributed by atoms with Gasteiger partial charge in [0.15, 0.2) is 0 Å². The first kappa shape index (κ1) is 21.8. The molecule has 1 heterocycles. The van der Waals surface area contributed by atoms with E-state index in [1.165, 1.54) is 11.1 Å². The number of aromatic nitrogens is 2. The summed E-state index contributed by atoms with van der Waals surface area (Å²) in [4.78, 5) is 4.67. The Morgan fingerprint density at radius 1 is 1.33 bits per heavy atom. The Balaban J connectivity index is 1.43. The Bertz CT molecular complexity index is 1260. The molecule has 2 aliphatic carbocycles. The first-order valence-electron chi connectivity index (χ1n) is 11.2. The highest BCUT2D eigenvalue weighted by atomic mass is 32.2. The number of nitrogens with zero attached hydrogens (tertiary/aromatic N) is 3. The topological polar surface area (TPSA) is 101 Å². The summed E-state index contributed by atoms with van der Waals surface area (Å²) in [5.41, 5.74) is 4.70. The molecule has 2 aromatic carbocycles. The number of nitrogens with one attached hydrogen (secondary N) is 1. The number of hydrogen-bond acceptors (Lipinski definition) is 7. The Morgan fingerprint density at radius 3 is 2.94 bits per heavy atom. The third kappa shape index (κ3) is 4.19. The zero-order chi connectivity index (χ0) is 23.1. The second kappa shape index (κ2) is 8.73. The van der Waals surface area contributed by atoms with Crippen LogP contribution < -0.4 is 10.1 Å². The van der Waals surface area contributed by atoms with Crippen LogP contribution in [0.2, 0.25) is 0 Å². The van der Waals surface area contributed by atoms with Crippen LogP contribution >= 0.6 is 0 Å². The van der Waals surface area contributed by atoms with E-state index in [1.807, 2.05) is 32.0 Å². The van der Waals surface area contributed by atoms with Gasteiger partial charge in [0.05, 0.1) is 11.7 Å². The van der Waals surface area contributed by atoms with E-state index in [0.29, 0.717) is 46.2 Å². The second-order valence-electron chi connectivity index (χ2n) is 8.94. The van der Waals surface area contributed by atoms with Crippen LogP contribution in [0.5, 0.6) is 5.75 Å². The molecule has 7 nitrogen and oxygen atoms in total. The van der Waals surface area contributed by atoms with Gasteiger partial charge in [-0.15, -0.1) is 0 Å². The maximum absolute atomic E-state index is 11.4. The van der Waals surface area contributed by atoms with Crippen molar-refractivity contribution in [2.45, 2.75) is 38.3 Å². The maximum Gasteiger partial charge on any atom is 0.258 e. The molecule has 4 atom stereocenters. The van der Waals surface area contributed by atoms with Gasteiger partial charge in [-0.3, -0.25) is 4.21 Å². The quantitative estimate of drug-likeness (QED) is 0.536. The molecule has 0 radical (unpaired) electrons. The van der Waals surface area contributed by atoms with E-state index >= 15 is 0 Å². The molecule has 0 aliphatic heterocycles. The molecule has 1 saturated carbocycles. The van der Waals surface area contributed by atoms with E-state index < -0.39 is 10.8 Å². The van der Waals surface area contributed by atoms with Crippen molar-refractivity contribution in [2.75, 3.05) is 18.6 Å². The summed E-state index contributed by atoms with van der Waals surface area (Å²) in [5.74, 6) is 3.21. The van der Waals surface area contributed by atoms with Gasteiger partial charge in [-0.1, -0.05) is 23.4 Å². The lowest BCUT2D eigenvalue weighted by atomic mass is 9.97. The van der Waals surface area contributed by atoms with Crippen LogP contribution in [0.25, 0.3) is 22.8 Å². The first-order chi connectivity index (χ1) is 16.0. The van der Waals surface area contributed by atoms with Gasteiger partial charge < -0.3 is 14.6 Å². The fraction of sp³-hybridized carbons (Fsp3) is 0.400. The molecule has 5 rings (SSSR count). The van der Waals surface area contributed by atoms with Crippen LogP contribution in [-0.2, 0) is 10.8 Å². The summed E-state index contributed by atoms with van der Waals surface area (Å²) in [5, 5.41) is 17.4. The molecule has 1 fully saturated rings. The molecule has 33 heavy (non-hydrogen) atoms. The van der Waals surface area contributed by atoms with Crippen LogP contribution in [0.3, 0.4) is 0 Å². The number of rotatable bonds is 8. The summed E-state index contributed by atoms with van der Waals surface area (Å²) in [7, 11) is -0.801. The predicted octanol–water partition coefficient (Wildman–Crippen LogP) is 4.19. The van der Waals surface area contributed by atoms with Crippen LogP contribution in [0.15, 0.2) is 40.9 Å². The number of benzene rings is 2. The van der Waals surface area contributed by atoms with Gasteiger partial charge in [0.2, 0.25) is 5.82 Å². The molecule has 3 aromatic rings. The van der Waals surface area contributed by atoms with Gasteiger partial charge in [-0.2, -0.15) is 10.2 Å². The van der Waals surface area contributed by atoms with Gasteiger partial charge >= 0.3 is 0 Å². The van der Waals surface area contributed by atoms with Crippen molar-refractivity contribution >= 4 is 10.8 Å². The van der Waals surface area contributed by atoms with Gasteiger partial charge in [0, 0.05) is 46.5 Å². The van der Waals surface area contributed by atoms with Crippen molar-refractivity contribution in [3.8, 4) is 34.7 Å². The van der Waals surface area contributed by atoms with Crippen LogP contribution in [-0.4, -0.2) is 39.0 Å². The lowest BCUT2D eigenvalue weighted by Gasteiger charge is -2.17. The van der Waals surface area contributed by atoms with E-state index in [0.717, 1.165) is 18.5 Å². The molecule has 0 saturated heterocycles. The standard InChI is InChI=1S/C25H26N4O3S/c1-14(2)31-21-8-7-15(11-16(21)13-26)25-28-24(29-32-25)18-6-4-5-17-22(18)19-12-20(19)23(17)27-9-10-33(3)30/h4-8,11,14,19-20,23,27H,9-10,12H2,1-3H3. The molecule has 170 valence electrons. The van der Waals surface area contributed by atoms with Crippen molar-refractivity contribution in [3.05, 3.63) is 53.1 Å². The normalized spacial score (nSPS) is 21.4. The van der Waals surface area contributed by atoms with Crippen molar-refractivity contribution in [1.82, 2.24) is 15.5 Å². The minimum absolute atomic E-state index is 0.0215. The molecular formula is C25H26N4O3S. The average Bonchev–Trinajstić information content (AvgIpc) is 3.29. The van der Waals surface area contributed by atoms with E-state index in [9.17, 15) is 9.47 Å². The Kier molecular flexibility index (Phi) is 5.77. The highest BCUT2D eigenvalue weighted by molar-refractivity contribution is 7.84. The number of ether oxygens (including phenoxy) is 1. The Labute approximate surface area is 195 Å². The molecule has 1 aromatic heterocycles. The largest absolute Gasteiger partial charge is 0.490 e. The lowest BCUT2D eigenvalue weighted by molar-refractivity contribution is 0.241. The fourth-order valence-corrected chi connectivity index (χ4v) is 5.19. The maximum atomic E-state index is 11.4. The second-order valence-corrected chi connectivity index (χ2v) is 10.5. The van der Waals surface area contributed by atoms with Crippen molar-refractivity contribution < 1.29 is 13.5 Å². The summed E-state index contributed by atoms with van der Waals surface area (Å²) >= 11 is 0. The van der Waals surface area contributed by atoms with E-state index in [2.05, 4.69) is 27.6 Å². The molecule has 2 aliphatic rings. The van der Waals surface area contributed by atoms with Crippen molar-refractivity contribution in [2.24, 2.45) is 5.92 Å². The van der Waals surface area contributed by atoms with Gasteiger partial charge in [-0.05, 0) is 61.4 Å². The minimum Gasteiger partial charge on any atom is -0.490 e. The van der Waals surface area contributed by atoms with Gasteiger partial charge in [0.1, 0.15) is 11.8 Å². The summed E-state index contributed by atoms with van der Waals surface area (Å²) in [6, 6.07) is 14.0. The number of nitriles is 1. The van der Waals surface area contributed by atoms with Gasteiger partial charge in [-0.25, -0.2) is 0 Å². The van der Waals surface area contributed by atoms with E-state index in [-0.39, 0.29) is 12.1 Å². The van der Waals surface area contributed by atoms with Crippen molar-refractivity contribution in [1.29, 1.82) is 5.26 Å². The molecule has 4 unspecified atom stereocenters. The highest BCUT2D eigenvalue weighted by Gasteiger charge is 2.52. The van der Waals surface area contributed by atoms with E-state index in [1.54, 1.807) is 18.4 Å². The van der Waals surface area contributed by atoms with Crippen LogP contribution in [0.4, 0.5) is 0 Å². The average molecular weight is 463 g/mol. The highest BCUT2D eigenvalue weighted by Crippen LogP contribution is 2.63. The number of hydrogen-bond donors (Lipinski definition) is 1. The zero-order valence-electron chi connectivity index (χ0n) is 18.9. The summed E-state index contributed by atoms with van der Waals surface area (Å²) < 4.78 is 22.7. The first-order valence-corrected chi connectivity index (χ1v) is 12.9. The third-order valence-corrected chi connectivity index (χ3v) is 7.02. The molecular weight excluding hydrogens is 436 g/mol. The van der Waals surface area contributed by atoms with E-state index in [4.69, 9.17) is 9.26 Å².